The van der Waals surface area contributed by atoms with Gasteiger partial charge in [-0.15, -0.1) is 0 Å². The van der Waals surface area contributed by atoms with E-state index in [4.69, 9.17) is 0 Å². The Morgan fingerprint density at radius 2 is 2.07 bits per heavy atom. The van der Waals surface area contributed by atoms with Crippen LogP contribution in [0, 0.1) is 6.92 Å². The Morgan fingerprint density at radius 1 is 1.40 bits per heavy atom. The predicted octanol–water partition coefficient (Wildman–Crippen LogP) is 2.10. The largest absolute Gasteiger partial charge is 0.310 e. The van der Waals surface area contributed by atoms with E-state index in [0.29, 0.717) is 6.42 Å². The zero-order chi connectivity index (χ0) is 11.3. The van der Waals surface area contributed by atoms with Crippen LogP contribution in [0.25, 0.3) is 0 Å². The van der Waals surface area contributed by atoms with E-state index in [1.165, 1.54) is 11.1 Å². The molecule has 0 bridgehead atoms. The van der Waals surface area contributed by atoms with Crippen molar-refractivity contribution in [2.75, 3.05) is 7.05 Å². The van der Waals surface area contributed by atoms with Crippen molar-refractivity contribution in [3.63, 3.8) is 0 Å². The Bertz CT molecular complexity index is 333. The average molecular weight is 205 g/mol. The van der Waals surface area contributed by atoms with Gasteiger partial charge in [-0.1, -0.05) is 31.2 Å². The highest BCUT2D eigenvalue weighted by Gasteiger charge is 2.15. The van der Waals surface area contributed by atoms with E-state index in [0.717, 1.165) is 6.42 Å². The first kappa shape index (κ1) is 11.9. The molecule has 0 fully saturated rings. The number of likely N-dealkylation sites (N-methyl/N-ethyl adjacent to an activating group) is 1. The summed E-state index contributed by atoms with van der Waals surface area (Å²) in [5, 5.41) is 3.08. The number of rotatable bonds is 5. The monoisotopic (exact) mass is 205 g/mol. The van der Waals surface area contributed by atoms with Gasteiger partial charge in [0, 0.05) is 6.42 Å². The third kappa shape index (κ3) is 3.17. The fraction of sp³-hybridized carbons (Fsp3) is 0.462. The molecule has 2 heteroatoms. The summed E-state index contributed by atoms with van der Waals surface area (Å²) >= 11 is 0. The van der Waals surface area contributed by atoms with Crippen molar-refractivity contribution in [2.24, 2.45) is 0 Å². The predicted molar refractivity (Wildman–Crippen MR) is 63.0 cm³/mol. The molecule has 0 amide bonds. The first-order valence-electron chi connectivity index (χ1n) is 5.43. The van der Waals surface area contributed by atoms with Gasteiger partial charge in [0.25, 0.3) is 0 Å². The lowest BCUT2D eigenvalue weighted by molar-refractivity contribution is -0.120. The maximum Gasteiger partial charge on any atom is 0.149 e. The fourth-order valence-electron chi connectivity index (χ4n) is 1.68. The maximum absolute atomic E-state index is 11.6. The number of benzene rings is 1. The molecular formula is C13H19NO. The normalized spacial score (nSPS) is 12.5. The van der Waals surface area contributed by atoms with Gasteiger partial charge in [-0.05, 0) is 31.5 Å². The number of hydrogen-bond acceptors (Lipinski definition) is 2. The van der Waals surface area contributed by atoms with Gasteiger partial charge in [0.05, 0.1) is 6.04 Å². The van der Waals surface area contributed by atoms with Gasteiger partial charge in [-0.2, -0.15) is 0 Å². The molecule has 0 aromatic heterocycles. The Morgan fingerprint density at radius 3 is 2.60 bits per heavy atom. The highest BCUT2D eigenvalue weighted by atomic mass is 16.1. The molecule has 15 heavy (non-hydrogen) atoms. The summed E-state index contributed by atoms with van der Waals surface area (Å²) in [4.78, 5) is 11.6. The van der Waals surface area contributed by atoms with E-state index in [-0.39, 0.29) is 11.8 Å². The Balaban J connectivity index is 2.75. The summed E-state index contributed by atoms with van der Waals surface area (Å²) in [5.41, 5.74) is 2.50. The van der Waals surface area contributed by atoms with Crippen molar-refractivity contribution in [3.05, 3.63) is 35.4 Å². The average Bonchev–Trinajstić information content (AvgIpc) is 2.27. The van der Waals surface area contributed by atoms with Gasteiger partial charge >= 0.3 is 0 Å². The molecule has 0 spiro atoms. The van der Waals surface area contributed by atoms with Crippen LogP contribution < -0.4 is 5.32 Å². The molecule has 1 aromatic rings. The molecule has 1 atom stereocenters. The molecule has 82 valence electrons. The number of carbonyl (C=O) groups excluding carboxylic acids is 1. The summed E-state index contributed by atoms with van der Waals surface area (Å²) < 4.78 is 0. The minimum atomic E-state index is -0.0453. The van der Waals surface area contributed by atoms with Crippen LogP contribution in [0.4, 0.5) is 0 Å². The van der Waals surface area contributed by atoms with Crippen molar-refractivity contribution in [1.29, 1.82) is 0 Å². The molecule has 0 aliphatic heterocycles. The van der Waals surface area contributed by atoms with Gasteiger partial charge in [0.2, 0.25) is 0 Å². The minimum absolute atomic E-state index is 0.0453. The van der Waals surface area contributed by atoms with Crippen molar-refractivity contribution in [3.8, 4) is 0 Å². The Kier molecular flexibility index (Phi) is 4.50. The number of aryl methyl sites for hydroxylation is 1. The van der Waals surface area contributed by atoms with E-state index in [1.807, 2.05) is 26.1 Å². The number of hydrogen-bond donors (Lipinski definition) is 1. The third-order valence-corrected chi connectivity index (χ3v) is 2.77. The minimum Gasteiger partial charge on any atom is -0.310 e. The summed E-state index contributed by atoms with van der Waals surface area (Å²) in [6.45, 7) is 3.99. The molecule has 1 N–H and O–H groups in total. The molecule has 0 saturated heterocycles. The van der Waals surface area contributed by atoms with Crippen LogP contribution in [0.15, 0.2) is 24.3 Å². The summed E-state index contributed by atoms with van der Waals surface area (Å²) in [7, 11) is 1.84. The fourth-order valence-corrected chi connectivity index (χ4v) is 1.68. The SMILES string of the molecule is CCC(=O)[C@H](Cc1ccccc1C)NC. The number of carbonyl (C=O) groups is 1. The summed E-state index contributed by atoms with van der Waals surface area (Å²) in [6.07, 6.45) is 1.38. The van der Waals surface area contributed by atoms with Gasteiger partial charge in [-0.25, -0.2) is 0 Å². The second kappa shape index (κ2) is 5.66. The van der Waals surface area contributed by atoms with Crippen molar-refractivity contribution < 1.29 is 4.79 Å². The van der Waals surface area contributed by atoms with Crippen LogP contribution in [0.5, 0.6) is 0 Å². The van der Waals surface area contributed by atoms with Gasteiger partial charge < -0.3 is 5.32 Å². The first-order valence-corrected chi connectivity index (χ1v) is 5.43. The smallest absolute Gasteiger partial charge is 0.149 e. The van der Waals surface area contributed by atoms with Crippen LogP contribution in [0.3, 0.4) is 0 Å². The second-order valence-electron chi connectivity index (χ2n) is 3.79. The third-order valence-electron chi connectivity index (χ3n) is 2.77. The Labute approximate surface area is 91.7 Å². The number of nitrogens with one attached hydrogen (secondary N) is 1. The number of Topliss-reactive ketones (excluding diaryl/α,β-unsaturated/α-hetero) is 1. The standard InChI is InChI=1S/C13H19NO/c1-4-13(15)12(14-3)9-11-8-6-5-7-10(11)2/h5-8,12,14H,4,9H2,1-3H3/t12-/m0/s1. The first-order chi connectivity index (χ1) is 7.19. The highest BCUT2D eigenvalue weighted by molar-refractivity contribution is 5.84. The van der Waals surface area contributed by atoms with E-state index < -0.39 is 0 Å². The second-order valence-corrected chi connectivity index (χ2v) is 3.79. The molecule has 0 radical (unpaired) electrons. The van der Waals surface area contributed by atoms with Crippen LogP contribution in [-0.2, 0) is 11.2 Å². The van der Waals surface area contributed by atoms with E-state index >= 15 is 0 Å². The molecule has 0 heterocycles. The Hall–Kier alpha value is -1.15. The van der Waals surface area contributed by atoms with Crippen LogP contribution in [0.1, 0.15) is 24.5 Å². The zero-order valence-electron chi connectivity index (χ0n) is 9.71. The van der Waals surface area contributed by atoms with Crippen molar-refractivity contribution in [1.82, 2.24) is 5.32 Å². The molecule has 0 saturated carbocycles. The lowest BCUT2D eigenvalue weighted by Crippen LogP contribution is -2.35. The van der Waals surface area contributed by atoms with Crippen LogP contribution >= 0.6 is 0 Å². The van der Waals surface area contributed by atoms with Crippen molar-refractivity contribution >= 4 is 5.78 Å². The summed E-state index contributed by atoms with van der Waals surface area (Å²) in [6, 6.07) is 8.16. The molecule has 1 rings (SSSR count). The van der Waals surface area contributed by atoms with Crippen LogP contribution in [-0.4, -0.2) is 18.9 Å². The van der Waals surface area contributed by atoms with Gasteiger partial charge in [-0.3, -0.25) is 4.79 Å². The molecule has 0 aliphatic rings. The molecular weight excluding hydrogens is 186 g/mol. The topological polar surface area (TPSA) is 29.1 Å². The maximum atomic E-state index is 11.6. The molecule has 2 nitrogen and oxygen atoms in total. The van der Waals surface area contributed by atoms with E-state index in [2.05, 4.69) is 24.4 Å². The number of ketones is 1. The lowest BCUT2D eigenvalue weighted by Gasteiger charge is -2.15. The molecule has 0 unspecified atom stereocenters. The summed E-state index contributed by atoms with van der Waals surface area (Å²) in [5.74, 6) is 0.278. The van der Waals surface area contributed by atoms with Crippen LogP contribution in [0.2, 0.25) is 0 Å². The van der Waals surface area contributed by atoms with E-state index in [1.54, 1.807) is 0 Å². The van der Waals surface area contributed by atoms with E-state index in [9.17, 15) is 4.79 Å². The zero-order valence-corrected chi connectivity index (χ0v) is 9.71. The molecule has 0 aliphatic carbocycles. The van der Waals surface area contributed by atoms with Crippen molar-refractivity contribution in [2.45, 2.75) is 32.7 Å². The van der Waals surface area contributed by atoms with Gasteiger partial charge in [0.1, 0.15) is 5.78 Å². The lowest BCUT2D eigenvalue weighted by atomic mass is 9.98. The van der Waals surface area contributed by atoms with Gasteiger partial charge in [0.15, 0.2) is 0 Å². The highest BCUT2D eigenvalue weighted by Crippen LogP contribution is 2.10. The quantitative estimate of drug-likeness (QED) is 0.797. The molecule has 1 aromatic carbocycles.